The maximum atomic E-state index is 11.0. The highest BCUT2D eigenvalue weighted by molar-refractivity contribution is 5.76. The third-order valence-corrected chi connectivity index (χ3v) is 3.28. The summed E-state index contributed by atoms with van der Waals surface area (Å²) in [4.78, 5) is 15.1. The van der Waals surface area contributed by atoms with Crippen LogP contribution >= 0.6 is 0 Å². The summed E-state index contributed by atoms with van der Waals surface area (Å²) in [5.74, 6) is 1.42. The minimum atomic E-state index is -0.0202. The predicted octanol–water partition coefficient (Wildman–Crippen LogP) is 2.59. The molecule has 2 aromatic rings. The van der Waals surface area contributed by atoms with Crippen molar-refractivity contribution in [3.05, 3.63) is 53.3 Å². The average molecular weight is 269 g/mol. The average Bonchev–Trinajstić information content (AvgIpc) is 2.88. The van der Waals surface area contributed by atoms with E-state index in [1.807, 2.05) is 31.2 Å². The number of aryl methyl sites for hydroxylation is 1. The van der Waals surface area contributed by atoms with Crippen LogP contribution in [-0.4, -0.2) is 24.0 Å². The van der Waals surface area contributed by atoms with E-state index in [4.69, 9.17) is 9.47 Å². The van der Waals surface area contributed by atoms with Crippen LogP contribution in [0, 0.1) is 6.92 Å². The fourth-order valence-corrected chi connectivity index (χ4v) is 2.30. The number of para-hydroxylation sites is 1. The smallest absolute Gasteiger partial charge is 0.172 e. The molecule has 0 amide bonds. The third kappa shape index (κ3) is 2.50. The van der Waals surface area contributed by atoms with Crippen LogP contribution in [0.4, 0.5) is 0 Å². The van der Waals surface area contributed by atoms with Gasteiger partial charge in [-0.1, -0.05) is 18.2 Å². The van der Waals surface area contributed by atoms with E-state index in [0.717, 1.165) is 17.9 Å². The first-order valence-electron chi connectivity index (χ1n) is 6.56. The lowest BCUT2D eigenvalue weighted by atomic mass is 10.1. The Kier molecular flexibility index (Phi) is 3.37. The SMILES string of the molecule is Cc1ccc(OCC2Cc3ccccc3O2)c(C=O)n1. The first-order chi connectivity index (χ1) is 9.76. The van der Waals surface area contributed by atoms with Crippen LogP contribution in [0.1, 0.15) is 21.7 Å². The molecule has 1 aromatic heterocycles. The monoisotopic (exact) mass is 269 g/mol. The van der Waals surface area contributed by atoms with Crippen molar-refractivity contribution >= 4 is 6.29 Å². The molecule has 0 fully saturated rings. The van der Waals surface area contributed by atoms with Crippen LogP contribution in [0.2, 0.25) is 0 Å². The van der Waals surface area contributed by atoms with E-state index in [-0.39, 0.29) is 6.10 Å². The Hall–Kier alpha value is -2.36. The molecule has 3 rings (SSSR count). The van der Waals surface area contributed by atoms with Gasteiger partial charge in [0.25, 0.3) is 0 Å². The van der Waals surface area contributed by atoms with Gasteiger partial charge < -0.3 is 9.47 Å². The molecule has 4 nitrogen and oxygen atoms in total. The van der Waals surface area contributed by atoms with Gasteiger partial charge in [-0.25, -0.2) is 4.98 Å². The molecule has 0 saturated carbocycles. The zero-order chi connectivity index (χ0) is 13.9. The maximum absolute atomic E-state index is 11.0. The van der Waals surface area contributed by atoms with E-state index < -0.39 is 0 Å². The van der Waals surface area contributed by atoms with Gasteiger partial charge in [-0.3, -0.25) is 4.79 Å². The first-order valence-corrected chi connectivity index (χ1v) is 6.56. The number of ether oxygens (including phenoxy) is 2. The van der Waals surface area contributed by atoms with Crippen molar-refractivity contribution in [2.45, 2.75) is 19.4 Å². The van der Waals surface area contributed by atoms with E-state index in [2.05, 4.69) is 11.1 Å². The topological polar surface area (TPSA) is 48.4 Å². The quantitative estimate of drug-likeness (QED) is 0.800. The van der Waals surface area contributed by atoms with Crippen molar-refractivity contribution in [2.24, 2.45) is 0 Å². The number of aromatic nitrogens is 1. The Labute approximate surface area is 117 Å². The van der Waals surface area contributed by atoms with Crippen molar-refractivity contribution in [2.75, 3.05) is 6.61 Å². The van der Waals surface area contributed by atoms with Crippen molar-refractivity contribution < 1.29 is 14.3 Å². The molecule has 0 radical (unpaired) electrons. The van der Waals surface area contributed by atoms with Gasteiger partial charge in [-0.2, -0.15) is 0 Å². The van der Waals surface area contributed by atoms with Crippen LogP contribution in [0.25, 0.3) is 0 Å². The van der Waals surface area contributed by atoms with E-state index in [0.29, 0.717) is 24.3 Å². The predicted molar refractivity (Wildman–Crippen MR) is 74.4 cm³/mol. The molecule has 20 heavy (non-hydrogen) atoms. The molecule has 2 heterocycles. The molecule has 0 saturated heterocycles. The number of fused-ring (bicyclic) bond motifs is 1. The number of carbonyl (C=O) groups is 1. The number of nitrogens with zero attached hydrogens (tertiary/aromatic N) is 1. The number of rotatable bonds is 4. The second-order valence-corrected chi connectivity index (χ2v) is 4.82. The number of pyridine rings is 1. The van der Waals surface area contributed by atoms with Crippen LogP contribution in [0.5, 0.6) is 11.5 Å². The van der Waals surface area contributed by atoms with E-state index in [1.165, 1.54) is 5.56 Å². The Morgan fingerprint density at radius 3 is 3.00 bits per heavy atom. The molecule has 1 unspecified atom stereocenters. The molecular weight excluding hydrogens is 254 g/mol. The lowest BCUT2D eigenvalue weighted by molar-refractivity contribution is 0.110. The van der Waals surface area contributed by atoms with Crippen molar-refractivity contribution in [3.8, 4) is 11.5 Å². The lowest BCUT2D eigenvalue weighted by Crippen LogP contribution is -2.22. The summed E-state index contributed by atoms with van der Waals surface area (Å²) >= 11 is 0. The highest BCUT2D eigenvalue weighted by atomic mass is 16.5. The van der Waals surface area contributed by atoms with Crippen molar-refractivity contribution in [1.82, 2.24) is 4.98 Å². The van der Waals surface area contributed by atoms with Crippen LogP contribution in [0.15, 0.2) is 36.4 Å². The fraction of sp³-hybridized carbons (Fsp3) is 0.250. The number of hydrogen-bond acceptors (Lipinski definition) is 4. The highest BCUT2D eigenvalue weighted by Gasteiger charge is 2.23. The summed E-state index contributed by atoms with van der Waals surface area (Å²) in [5.41, 5.74) is 2.32. The molecule has 0 aliphatic carbocycles. The molecule has 0 bridgehead atoms. The molecule has 102 valence electrons. The number of hydrogen-bond donors (Lipinski definition) is 0. The number of aldehydes is 1. The van der Waals surface area contributed by atoms with Gasteiger partial charge >= 0.3 is 0 Å². The van der Waals surface area contributed by atoms with Gasteiger partial charge in [0.05, 0.1) is 0 Å². The summed E-state index contributed by atoms with van der Waals surface area (Å²) < 4.78 is 11.5. The Morgan fingerprint density at radius 2 is 2.20 bits per heavy atom. The largest absolute Gasteiger partial charge is 0.487 e. The van der Waals surface area contributed by atoms with Crippen LogP contribution in [0.3, 0.4) is 0 Å². The third-order valence-electron chi connectivity index (χ3n) is 3.28. The summed E-state index contributed by atoms with van der Waals surface area (Å²) in [5, 5.41) is 0. The summed E-state index contributed by atoms with van der Waals surface area (Å²) in [7, 11) is 0. The summed E-state index contributed by atoms with van der Waals surface area (Å²) in [6.45, 7) is 2.24. The van der Waals surface area contributed by atoms with E-state index >= 15 is 0 Å². The molecular formula is C16H15NO3. The Bertz CT molecular complexity index is 614. The van der Waals surface area contributed by atoms with Gasteiger partial charge in [0.15, 0.2) is 6.29 Å². The van der Waals surface area contributed by atoms with Gasteiger partial charge in [0.1, 0.15) is 29.9 Å². The van der Waals surface area contributed by atoms with Crippen molar-refractivity contribution in [1.29, 1.82) is 0 Å². The van der Waals surface area contributed by atoms with Gasteiger partial charge in [-0.15, -0.1) is 0 Å². The number of carbonyl (C=O) groups excluding carboxylic acids is 1. The summed E-state index contributed by atoms with van der Waals surface area (Å²) in [6.07, 6.45) is 1.52. The molecule has 4 heteroatoms. The molecule has 1 atom stereocenters. The zero-order valence-corrected chi connectivity index (χ0v) is 11.2. The molecule has 1 aliphatic heterocycles. The zero-order valence-electron chi connectivity index (χ0n) is 11.2. The first kappa shape index (κ1) is 12.7. The highest BCUT2D eigenvalue weighted by Crippen LogP contribution is 2.28. The van der Waals surface area contributed by atoms with Gasteiger partial charge in [0.2, 0.25) is 0 Å². The van der Waals surface area contributed by atoms with Crippen molar-refractivity contribution in [3.63, 3.8) is 0 Å². The summed E-state index contributed by atoms with van der Waals surface area (Å²) in [6, 6.07) is 11.6. The second-order valence-electron chi connectivity index (χ2n) is 4.82. The fourth-order valence-electron chi connectivity index (χ4n) is 2.30. The van der Waals surface area contributed by atoms with E-state index in [1.54, 1.807) is 6.07 Å². The standard InChI is InChI=1S/C16H15NO3/c1-11-6-7-16(14(9-18)17-11)19-10-13-8-12-4-2-3-5-15(12)20-13/h2-7,9,13H,8,10H2,1H3. The minimum Gasteiger partial charge on any atom is -0.487 e. The molecule has 0 spiro atoms. The number of benzene rings is 1. The van der Waals surface area contributed by atoms with Gasteiger partial charge in [0, 0.05) is 12.1 Å². The Balaban J connectivity index is 1.66. The molecule has 1 aromatic carbocycles. The van der Waals surface area contributed by atoms with Gasteiger partial charge in [-0.05, 0) is 30.7 Å². The normalized spacial score (nSPS) is 16.4. The van der Waals surface area contributed by atoms with Crippen LogP contribution < -0.4 is 9.47 Å². The van der Waals surface area contributed by atoms with E-state index in [9.17, 15) is 4.79 Å². The maximum Gasteiger partial charge on any atom is 0.172 e. The molecule has 0 N–H and O–H groups in total. The van der Waals surface area contributed by atoms with Crippen LogP contribution in [-0.2, 0) is 6.42 Å². The minimum absolute atomic E-state index is 0.0202. The Morgan fingerprint density at radius 1 is 1.35 bits per heavy atom. The lowest BCUT2D eigenvalue weighted by Gasteiger charge is -2.13. The molecule has 1 aliphatic rings. The second kappa shape index (κ2) is 5.33.